The van der Waals surface area contributed by atoms with Crippen LogP contribution in [0, 0.1) is 11.8 Å². The zero-order chi connectivity index (χ0) is 22.9. The minimum Gasteiger partial charge on any atom is -0.480 e. The summed E-state index contributed by atoms with van der Waals surface area (Å²) in [5.74, 6) is -4.25. The molecule has 0 aromatic rings. The molecule has 0 spiro atoms. The van der Waals surface area contributed by atoms with Crippen LogP contribution >= 0.6 is 0 Å². The standard InChI is InChI=1S/C18H33N5O6/c1-8(2)6-12(22-15(25)11(19)7-13(20)24)16(26)23-14(9(3)4)17(27)21-10(5)18(28)29/h8-12,14H,6-7,19H2,1-5H3,(H2,20,24)(H,21,27)(H,22,25)(H,23,26)(H,28,29). The summed E-state index contributed by atoms with van der Waals surface area (Å²) in [7, 11) is 0. The Balaban J connectivity index is 5.29. The second-order valence-electron chi connectivity index (χ2n) is 7.77. The van der Waals surface area contributed by atoms with E-state index in [2.05, 4.69) is 16.0 Å². The van der Waals surface area contributed by atoms with Gasteiger partial charge < -0.3 is 32.5 Å². The van der Waals surface area contributed by atoms with E-state index in [0.717, 1.165) is 0 Å². The maximum atomic E-state index is 12.7. The Morgan fingerprint density at radius 3 is 1.83 bits per heavy atom. The average molecular weight is 415 g/mol. The van der Waals surface area contributed by atoms with Gasteiger partial charge in [0.2, 0.25) is 23.6 Å². The second-order valence-corrected chi connectivity index (χ2v) is 7.77. The van der Waals surface area contributed by atoms with Gasteiger partial charge in [0.25, 0.3) is 0 Å². The van der Waals surface area contributed by atoms with Gasteiger partial charge in [0, 0.05) is 0 Å². The summed E-state index contributed by atoms with van der Waals surface area (Å²) in [5.41, 5.74) is 10.6. The molecule has 0 saturated heterocycles. The highest BCUT2D eigenvalue weighted by Crippen LogP contribution is 2.09. The molecule has 0 radical (unpaired) electrons. The molecule has 0 rings (SSSR count). The predicted molar refractivity (Wildman–Crippen MR) is 105 cm³/mol. The monoisotopic (exact) mass is 415 g/mol. The number of nitrogens with one attached hydrogen (secondary N) is 3. The Kier molecular flexibility index (Phi) is 10.9. The molecule has 0 aliphatic heterocycles. The van der Waals surface area contributed by atoms with Crippen molar-refractivity contribution in [3.8, 4) is 0 Å². The highest BCUT2D eigenvalue weighted by molar-refractivity contribution is 5.95. The number of amides is 4. The van der Waals surface area contributed by atoms with E-state index in [1.54, 1.807) is 13.8 Å². The van der Waals surface area contributed by atoms with Crippen LogP contribution in [0.4, 0.5) is 0 Å². The molecule has 8 N–H and O–H groups in total. The van der Waals surface area contributed by atoms with E-state index >= 15 is 0 Å². The third-order valence-electron chi connectivity index (χ3n) is 4.07. The van der Waals surface area contributed by atoms with Gasteiger partial charge in [0.1, 0.15) is 18.1 Å². The van der Waals surface area contributed by atoms with E-state index in [1.807, 2.05) is 13.8 Å². The summed E-state index contributed by atoms with van der Waals surface area (Å²) in [6, 6.07) is -4.32. The van der Waals surface area contributed by atoms with E-state index in [1.165, 1.54) is 6.92 Å². The van der Waals surface area contributed by atoms with E-state index in [4.69, 9.17) is 16.6 Å². The quantitative estimate of drug-likeness (QED) is 0.222. The van der Waals surface area contributed by atoms with Crippen molar-refractivity contribution in [1.29, 1.82) is 0 Å². The first-order valence-electron chi connectivity index (χ1n) is 9.44. The maximum absolute atomic E-state index is 12.7. The van der Waals surface area contributed by atoms with Crippen molar-refractivity contribution >= 4 is 29.6 Å². The van der Waals surface area contributed by atoms with Gasteiger partial charge in [-0.1, -0.05) is 27.7 Å². The van der Waals surface area contributed by atoms with Crippen molar-refractivity contribution in [2.75, 3.05) is 0 Å². The van der Waals surface area contributed by atoms with Gasteiger partial charge in [-0.2, -0.15) is 0 Å². The van der Waals surface area contributed by atoms with Crippen LogP contribution in [0.3, 0.4) is 0 Å². The van der Waals surface area contributed by atoms with Gasteiger partial charge in [-0.25, -0.2) is 0 Å². The highest BCUT2D eigenvalue weighted by Gasteiger charge is 2.31. The zero-order valence-corrected chi connectivity index (χ0v) is 17.5. The third-order valence-corrected chi connectivity index (χ3v) is 4.07. The van der Waals surface area contributed by atoms with Gasteiger partial charge in [0.05, 0.1) is 12.5 Å². The Bertz CT molecular complexity index is 622. The van der Waals surface area contributed by atoms with E-state index in [-0.39, 0.29) is 24.7 Å². The lowest BCUT2D eigenvalue weighted by Crippen LogP contribution is -2.58. The highest BCUT2D eigenvalue weighted by atomic mass is 16.4. The fraction of sp³-hybridized carbons (Fsp3) is 0.722. The Morgan fingerprint density at radius 1 is 0.862 bits per heavy atom. The maximum Gasteiger partial charge on any atom is 0.325 e. The van der Waals surface area contributed by atoms with Crippen LogP contribution in [0.2, 0.25) is 0 Å². The molecule has 0 fully saturated rings. The molecule has 4 amide bonds. The molecule has 166 valence electrons. The summed E-state index contributed by atoms with van der Waals surface area (Å²) >= 11 is 0. The number of aliphatic carboxylic acids is 1. The molecule has 0 heterocycles. The van der Waals surface area contributed by atoms with Crippen LogP contribution in [-0.2, 0) is 24.0 Å². The fourth-order valence-electron chi connectivity index (χ4n) is 2.44. The normalized spacial score (nSPS) is 15.2. The first-order valence-corrected chi connectivity index (χ1v) is 9.44. The number of primary amides is 1. The molecule has 0 bridgehead atoms. The lowest BCUT2D eigenvalue weighted by molar-refractivity contribution is -0.142. The molecule has 11 heteroatoms. The molecule has 0 saturated carbocycles. The van der Waals surface area contributed by atoms with Crippen molar-refractivity contribution < 1.29 is 29.1 Å². The Hall–Kier alpha value is -2.69. The summed E-state index contributed by atoms with van der Waals surface area (Å²) in [6.45, 7) is 8.37. The van der Waals surface area contributed by atoms with E-state index in [9.17, 15) is 24.0 Å². The van der Waals surface area contributed by atoms with Crippen LogP contribution < -0.4 is 27.4 Å². The van der Waals surface area contributed by atoms with Gasteiger partial charge in [0.15, 0.2) is 0 Å². The second kappa shape index (κ2) is 12.0. The predicted octanol–water partition coefficient (Wildman–Crippen LogP) is -1.55. The minimum atomic E-state index is -1.21. The molecule has 4 atom stereocenters. The van der Waals surface area contributed by atoms with E-state index in [0.29, 0.717) is 0 Å². The van der Waals surface area contributed by atoms with Crippen molar-refractivity contribution in [2.45, 2.75) is 71.6 Å². The summed E-state index contributed by atoms with van der Waals surface area (Å²) in [5, 5.41) is 16.3. The molecular weight excluding hydrogens is 382 g/mol. The first kappa shape index (κ1) is 26.3. The number of carboxylic acid groups (broad SMARTS) is 1. The first-order chi connectivity index (χ1) is 13.3. The molecule has 0 aliphatic carbocycles. The van der Waals surface area contributed by atoms with Gasteiger partial charge in [-0.05, 0) is 25.2 Å². The minimum absolute atomic E-state index is 0.0248. The molecular formula is C18H33N5O6. The van der Waals surface area contributed by atoms with Crippen molar-refractivity contribution in [3.63, 3.8) is 0 Å². The summed E-state index contributed by atoms with van der Waals surface area (Å²) in [4.78, 5) is 59.2. The molecule has 0 aromatic heterocycles. The smallest absolute Gasteiger partial charge is 0.325 e. The molecule has 4 unspecified atom stereocenters. The van der Waals surface area contributed by atoms with Crippen LogP contribution in [-0.4, -0.2) is 58.9 Å². The van der Waals surface area contributed by atoms with Crippen LogP contribution in [0.1, 0.15) is 47.5 Å². The number of carbonyl (C=O) groups excluding carboxylic acids is 4. The largest absolute Gasteiger partial charge is 0.480 e. The lowest BCUT2D eigenvalue weighted by Gasteiger charge is -2.27. The van der Waals surface area contributed by atoms with Crippen molar-refractivity contribution in [2.24, 2.45) is 23.3 Å². The van der Waals surface area contributed by atoms with Crippen LogP contribution in [0.25, 0.3) is 0 Å². The van der Waals surface area contributed by atoms with Gasteiger partial charge >= 0.3 is 5.97 Å². The zero-order valence-electron chi connectivity index (χ0n) is 17.5. The number of hydrogen-bond acceptors (Lipinski definition) is 6. The molecule has 11 nitrogen and oxygen atoms in total. The van der Waals surface area contributed by atoms with E-state index < -0.39 is 53.8 Å². The van der Waals surface area contributed by atoms with Crippen LogP contribution in [0.15, 0.2) is 0 Å². The van der Waals surface area contributed by atoms with Crippen molar-refractivity contribution in [1.82, 2.24) is 16.0 Å². The molecule has 0 aliphatic rings. The molecule has 0 aromatic carbocycles. The molecule has 29 heavy (non-hydrogen) atoms. The average Bonchev–Trinajstić information content (AvgIpc) is 2.56. The number of carboxylic acids is 1. The topological polar surface area (TPSA) is 194 Å². The Labute approximate surface area is 170 Å². The third kappa shape index (κ3) is 9.88. The number of hydrogen-bond donors (Lipinski definition) is 6. The fourth-order valence-corrected chi connectivity index (χ4v) is 2.44. The number of rotatable bonds is 12. The SMILES string of the molecule is CC(C)CC(NC(=O)C(N)CC(N)=O)C(=O)NC(C(=O)NC(C)C(=O)O)C(C)C. The lowest BCUT2D eigenvalue weighted by atomic mass is 9.99. The summed E-state index contributed by atoms with van der Waals surface area (Å²) < 4.78 is 0. The van der Waals surface area contributed by atoms with Gasteiger partial charge in [-0.15, -0.1) is 0 Å². The Morgan fingerprint density at radius 2 is 1.41 bits per heavy atom. The number of carbonyl (C=O) groups is 5. The number of nitrogens with two attached hydrogens (primary N) is 2. The van der Waals surface area contributed by atoms with Gasteiger partial charge in [-0.3, -0.25) is 24.0 Å². The summed E-state index contributed by atoms with van der Waals surface area (Å²) in [6.07, 6.45) is -0.106. The van der Waals surface area contributed by atoms with Crippen LogP contribution in [0.5, 0.6) is 0 Å². The van der Waals surface area contributed by atoms with Crippen molar-refractivity contribution in [3.05, 3.63) is 0 Å².